The molecule has 2 heterocycles. The molecule has 0 saturated carbocycles. The van der Waals surface area contributed by atoms with E-state index in [0.717, 1.165) is 18.1 Å². The molecule has 2 unspecified atom stereocenters. The molecule has 1 aromatic heterocycles. The lowest BCUT2D eigenvalue weighted by Gasteiger charge is -2.33. The Balaban J connectivity index is 1.97. The molecule has 3 rings (SSSR count). The minimum Gasteiger partial charge on any atom is -0.316 e. The number of rotatable bonds is 2. The number of piperidine rings is 1. The smallest absolute Gasteiger partial charge is 0.0408 e. The molecular weight excluding hydrogens is 286 g/mol. The van der Waals surface area contributed by atoms with Crippen molar-refractivity contribution in [3.8, 4) is 0 Å². The lowest BCUT2D eigenvalue weighted by molar-refractivity contribution is 0.404. The van der Waals surface area contributed by atoms with Crippen molar-refractivity contribution in [3.63, 3.8) is 0 Å². The number of aryl methyl sites for hydroxylation is 2. The molecule has 0 spiro atoms. The molecule has 20 heavy (non-hydrogen) atoms. The number of thiophene rings is 1. The van der Waals surface area contributed by atoms with Crippen LogP contribution in [0.5, 0.6) is 0 Å². The highest BCUT2D eigenvalue weighted by Crippen LogP contribution is 2.41. The molecule has 1 aliphatic heterocycles. The van der Waals surface area contributed by atoms with E-state index in [1.54, 1.807) is 5.56 Å². The Morgan fingerprint density at radius 1 is 1.20 bits per heavy atom. The minimum atomic E-state index is 0.523. The molecule has 1 N–H and O–H groups in total. The lowest BCUT2D eigenvalue weighted by atomic mass is 9.77. The van der Waals surface area contributed by atoms with Crippen LogP contribution in [0.1, 0.15) is 39.1 Å². The maximum atomic E-state index is 6.17. The highest BCUT2D eigenvalue weighted by molar-refractivity contribution is 7.12. The third-order valence-electron chi connectivity index (χ3n) is 4.24. The van der Waals surface area contributed by atoms with Crippen LogP contribution in [0.2, 0.25) is 5.02 Å². The van der Waals surface area contributed by atoms with Gasteiger partial charge in [0.1, 0.15) is 0 Å². The molecule has 0 bridgehead atoms. The van der Waals surface area contributed by atoms with Gasteiger partial charge in [0.05, 0.1) is 0 Å². The Bertz CT molecular complexity index is 605. The van der Waals surface area contributed by atoms with E-state index < -0.39 is 0 Å². The average Bonchev–Trinajstić information content (AvgIpc) is 2.78. The number of hydrogen-bond acceptors (Lipinski definition) is 2. The fourth-order valence-corrected chi connectivity index (χ4v) is 4.53. The SMILES string of the molecule is Cc1cc(C2CCNCC2c2cccc(Cl)c2)c(C)s1. The number of benzene rings is 1. The van der Waals surface area contributed by atoms with Crippen molar-refractivity contribution < 1.29 is 0 Å². The van der Waals surface area contributed by atoms with Gasteiger partial charge in [0.2, 0.25) is 0 Å². The van der Waals surface area contributed by atoms with Crippen molar-refractivity contribution in [1.29, 1.82) is 0 Å². The second-order valence-corrected chi connectivity index (χ2v) is 7.53. The van der Waals surface area contributed by atoms with E-state index in [9.17, 15) is 0 Å². The summed E-state index contributed by atoms with van der Waals surface area (Å²) < 4.78 is 0. The van der Waals surface area contributed by atoms with Crippen molar-refractivity contribution in [3.05, 3.63) is 56.2 Å². The van der Waals surface area contributed by atoms with Gasteiger partial charge in [-0.1, -0.05) is 23.7 Å². The fraction of sp³-hybridized carbons (Fsp3) is 0.412. The third kappa shape index (κ3) is 2.78. The highest BCUT2D eigenvalue weighted by atomic mass is 35.5. The Morgan fingerprint density at radius 3 is 2.75 bits per heavy atom. The highest BCUT2D eigenvalue weighted by Gasteiger charge is 2.29. The fourth-order valence-electron chi connectivity index (χ4n) is 3.34. The summed E-state index contributed by atoms with van der Waals surface area (Å²) >= 11 is 8.09. The summed E-state index contributed by atoms with van der Waals surface area (Å²) in [6.07, 6.45) is 1.20. The molecule has 1 fully saturated rings. The summed E-state index contributed by atoms with van der Waals surface area (Å²) in [5, 5.41) is 4.38. The van der Waals surface area contributed by atoms with E-state index >= 15 is 0 Å². The number of halogens is 1. The average molecular weight is 306 g/mol. The largest absolute Gasteiger partial charge is 0.316 e. The predicted molar refractivity (Wildman–Crippen MR) is 88.2 cm³/mol. The standard InChI is InChI=1S/C17H20ClNS/c1-11-8-16(12(2)20-11)15-6-7-19-10-17(15)13-4-3-5-14(18)9-13/h3-5,8-9,15,17,19H,6-7,10H2,1-2H3. The van der Waals surface area contributed by atoms with Crippen LogP contribution >= 0.6 is 22.9 Å². The van der Waals surface area contributed by atoms with Gasteiger partial charge in [-0.3, -0.25) is 0 Å². The van der Waals surface area contributed by atoms with Crippen LogP contribution in [0.25, 0.3) is 0 Å². The summed E-state index contributed by atoms with van der Waals surface area (Å²) in [4.78, 5) is 2.89. The van der Waals surface area contributed by atoms with Crippen molar-refractivity contribution in [2.24, 2.45) is 0 Å². The van der Waals surface area contributed by atoms with Gasteiger partial charge in [-0.05, 0) is 62.1 Å². The molecule has 0 aliphatic carbocycles. The molecule has 106 valence electrons. The molecule has 0 amide bonds. The summed E-state index contributed by atoms with van der Waals surface area (Å²) in [5.74, 6) is 1.13. The normalized spacial score (nSPS) is 22.9. The zero-order valence-corrected chi connectivity index (χ0v) is 13.5. The van der Waals surface area contributed by atoms with E-state index in [4.69, 9.17) is 11.6 Å². The van der Waals surface area contributed by atoms with Crippen LogP contribution in [-0.4, -0.2) is 13.1 Å². The third-order valence-corrected chi connectivity index (χ3v) is 5.45. The molecular formula is C17H20ClNS. The Labute approximate surface area is 130 Å². The molecule has 1 aliphatic rings. The molecule has 2 atom stereocenters. The Kier molecular flexibility index (Phi) is 4.16. The van der Waals surface area contributed by atoms with Crippen LogP contribution in [0.3, 0.4) is 0 Å². The van der Waals surface area contributed by atoms with Gasteiger partial charge < -0.3 is 5.32 Å². The first-order valence-corrected chi connectivity index (χ1v) is 8.37. The maximum absolute atomic E-state index is 6.17. The van der Waals surface area contributed by atoms with Crippen molar-refractivity contribution >= 4 is 22.9 Å². The van der Waals surface area contributed by atoms with Crippen LogP contribution in [-0.2, 0) is 0 Å². The zero-order chi connectivity index (χ0) is 14.1. The quantitative estimate of drug-likeness (QED) is 0.834. The summed E-state index contributed by atoms with van der Waals surface area (Å²) in [6, 6.07) is 10.7. The first-order valence-electron chi connectivity index (χ1n) is 7.18. The van der Waals surface area contributed by atoms with Crippen molar-refractivity contribution in [2.45, 2.75) is 32.1 Å². The lowest BCUT2D eigenvalue weighted by Crippen LogP contribution is -2.34. The maximum Gasteiger partial charge on any atom is 0.0408 e. The molecule has 2 aromatic rings. The Morgan fingerprint density at radius 2 is 2.05 bits per heavy atom. The molecule has 3 heteroatoms. The van der Waals surface area contributed by atoms with Gasteiger partial charge in [-0.15, -0.1) is 11.3 Å². The van der Waals surface area contributed by atoms with Crippen molar-refractivity contribution in [2.75, 3.05) is 13.1 Å². The second kappa shape index (κ2) is 5.88. The Hall–Kier alpha value is -0.830. The van der Waals surface area contributed by atoms with E-state index in [0.29, 0.717) is 11.8 Å². The predicted octanol–water partition coefficient (Wildman–Crippen LogP) is 4.88. The second-order valence-electron chi connectivity index (χ2n) is 5.63. The zero-order valence-electron chi connectivity index (χ0n) is 11.9. The molecule has 0 radical (unpaired) electrons. The van der Waals surface area contributed by atoms with Gasteiger partial charge in [-0.2, -0.15) is 0 Å². The first kappa shape index (κ1) is 14.1. The summed E-state index contributed by atoms with van der Waals surface area (Å²) in [6.45, 7) is 6.61. The van der Waals surface area contributed by atoms with E-state index in [-0.39, 0.29) is 0 Å². The van der Waals surface area contributed by atoms with E-state index in [2.05, 4.69) is 43.4 Å². The van der Waals surface area contributed by atoms with Gasteiger partial charge in [0.15, 0.2) is 0 Å². The van der Waals surface area contributed by atoms with E-state index in [1.807, 2.05) is 17.4 Å². The molecule has 1 saturated heterocycles. The number of hydrogen-bond donors (Lipinski definition) is 1. The van der Waals surface area contributed by atoms with Gasteiger partial charge in [-0.25, -0.2) is 0 Å². The van der Waals surface area contributed by atoms with Crippen LogP contribution in [0, 0.1) is 13.8 Å². The molecule has 1 nitrogen and oxygen atoms in total. The minimum absolute atomic E-state index is 0.523. The summed E-state index contributed by atoms with van der Waals surface area (Å²) in [7, 11) is 0. The van der Waals surface area contributed by atoms with Crippen molar-refractivity contribution in [1.82, 2.24) is 5.32 Å². The van der Waals surface area contributed by atoms with Gasteiger partial charge in [0, 0.05) is 27.2 Å². The van der Waals surface area contributed by atoms with Crippen LogP contribution < -0.4 is 5.32 Å². The summed E-state index contributed by atoms with van der Waals surface area (Å²) in [5.41, 5.74) is 2.90. The van der Waals surface area contributed by atoms with E-state index in [1.165, 1.54) is 21.7 Å². The molecule has 1 aromatic carbocycles. The monoisotopic (exact) mass is 305 g/mol. The first-order chi connectivity index (χ1) is 9.65. The number of nitrogens with one attached hydrogen (secondary N) is 1. The van der Waals surface area contributed by atoms with Gasteiger partial charge >= 0.3 is 0 Å². The van der Waals surface area contributed by atoms with Gasteiger partial charge in [0.25, 0.3) is 0 Å². The topological polar surface area (TPSA) is 12.0 Å². The van der Waals surface area contributed by atoms with Crippen LogP contribution in [0.15, 0.2) is 30.3 Å². The van der Waals surface area contributed by atoms with Crippen LogP contribution in [0.4, 0.5) is 0 Å².